The first kappa shape index (κ1) is 15.4. The van der Waals surface area contributed by atoms with E-state index in [1.54, 1.807) is 6.07 Å². The number of nitrogens with two attached hydrogens (primary N) is 1. The molecule has 0 aliphatic rings. The molecule has 0 bridgehead atoms. The Bertz CT molecular complexity index is 636. The summed E-state index contributed by atoms with van der Waals surface area (Å²) in [5.74, 6) is -0.0720. The first-order valence-electron chi connectivity index (χ1n) is 6.42. The van der Waals surface area contributed by atoms with Crippen molar-refractivity contribution in [3.05, 3.63) is 28.5 Å². The van der Waals surface area contributed by atoms with E-state index in [1.165, 1.54) is 12.1 Å². The molecule has 0 radical (unpaired) electrons. The van der Waals surface area contributed by atoms with Crippen molar-refractivity contribution >= 4 is 27.8 Å². The monoisotopic (exact) mass is 355 g/mol. The minimum atomic E-state index is -0.512. The van der Waals surface area contributed by atoms with Gasteiger partial charge in [0.1, 0.15) is 0 Å². The van der Waals surface area contributed by atoms with Gasteiger partial charge in [-0.2, -0.15) is 15.0 Å². The lowest BCUT2D eigenvalue weighted by Crippen LogP contribution is -2.25. The van der Waals surface area contributed by atoms with Gasteiger partial charge in [-0.1, -0.05) is 15.9 Å². The van der Waals surface area contributed by atoms with Crippen molar-refractivity contribution in [2.24, 2.45) is 0 Å². The molecule has 1 heterocycles. The molecule has 1 aromatic heterocycles. The Morgan fingerprint density at radius 3 is 2.62 bits per heavy atom. The van der Waals surface area contributed by atoms with Crippen molar-refractivity contribution < 1.29 is 9.13 Å². The number of nitrogens with zero attached hydrogens (tertiary/aromatic N) is 4. The van der Waals surface area contributed by atoms with Gasteiger partial charge < -0.3 is 15.4 Å². The fourth-order valence-electron chi connectivity index (χ4n) is 1.71. The third-order valence-electron chi connectivity index (χ3n) is 2.76. The summed E-state index contributed by atoms with van der Waals surface area (Å²) in [5.41, 5.74) is 5.66. The first-order valence-corrected chi connectivity index (χ1v) is 7.22. The maximum atomic E-state index is 13.7. The van der Waals surface area contributed by atoms with Crippen LogP contribution >= 0.6 is 15.9 Å². The van der Waals surface area contributed by atoms with Gasteiger partial charge in [0.05, 0.1) is 0 Å². The minimum absolute atomic E-state index is 0.0143. The summed E-state index contributed by atoms with van der Waals surface area (Å²) in [4.78, 5) is 14.0. The molecule has 0 aliphatic carbocycles. The highest BCUT2D eigenvalue weighted by atomic mass is 79.9. The van der Waals surface area contributed by atoms with Crippen LogP contribution in [0.4, 0.5) is 16.3 Å². The molecule has 0 fully saturated rings. The Labute approximate surface area is 130 Å². The second-order valence-electron chi connectivity index (χ2n) is 4.13. The van der Waals surface area contributed by atoms with Crippen molar-refractivity contribution in [3.8, 4) is 11.8 Å². The fourth-order valence-corrected chi connectivity index (χ4v) is 2.05. The van der Waals surface area contributed by atoms with Crippen molar-refractivity contribution in [3.63, 3.8) is 0 Å². The molecule has 0 unspecified atom stereocenters. The van der Waals surface area contributed by atoms with E-state index in [2.05, 4.69) is 30.9 Å². The highest BCUT2D eigenvalue weighted by Crippen LogP contribution is 2.26. The average molecular weight is 356 g/mol. The molecule has 0 amide bonds. The van der Waals surface area contributed by atoms with E-state index in [-0.39, 0.29) is 17.7 Å². The van der Waals surface area contributed by atoms with Crippen LogP contribution < -0.4 is 15.4 Å². The van der Waals surface area contributed by atoms with Gasteiger partial charge in [-0.25, -0.2) is 4.39 Å². The van der Waals surface area contributed by atoms with Crippen LogP contribution in [0.1, 0.15) is 13.8 Å². The number of ether oxygens (including phenoxy) is 1. The molecular formula is C13H15BrFN5O. The summed E-state index contributed by atoms with van der Waals surface area (Å²) >= 11 is 3.25. The quantitative estimate of drug-likeness (QED) is 0.888. The molecule has 0 saturated carbocycles. The van der Waals surface area contributed by atoms with Crippen LogP contribution in [0, 0.1) is 5.82 Å². The van der Waals surface area contributed by atoms with Crippen molar-refractivity contribution in [1.82, 2.24) is 15.0 Å². The summed E-state index contributed by atoms with van der Waals surface area (Å²) in [6.07, 6.45) is 0. The smallest absolute Gasteiger partial charge is 0.328 e. The molecule has 1 aromatic carbocycles. The zero-order chi connectivity index (χ0) is 15.4. The van der Waals surface area contributed by atoms with Crippen LogP contribution in [-0.4, -0.2) is 28.0 Å². The molecular weight excluding hydrogens is 341 g/mol. The lowest BCUT2D eigenvalue weighted by molar-refractivity contribution is 0.409. The summed E-state index contributed by atoms with van der Waals surface area (Å²) in [5, 5.41) is 0. The van der Waals surface area contributed by atoms with Gasteiger partial charge in [-0.3, -0.25) is 0 Å². The highest BCUT2D eigenvalue weighted by Gasteiger charge is 2.13. The van der Waals surface area contributed by atoms with E-state index in [9.17, 15) is 4.39 Å². The SMILES string of the molecule is CCN(CC)c1nc(N)nc(Oc2cc(Br)ccc2F)n1. The zero-order valence-electron chi connectivity index (χ0n) is 11.7. The van der Waals surface area contributed by atoms with E-state index >= 15 is 0 Å². The largest absolute Gasteiger partial charge is 0.421 e. The van der Waals surface area contributed by atoms with E-state index in [0.29, 0.717) is 23.5 Å². The van der Waals surface area contributed by atoms with Crippen LogP contribution in [-0.2, 0) is 0 Å². The number of anilines is 2. The van der Waals surface area contributed by atoms with E-state index < -0.39 is 5.82 Å². The van der Waals surface area contributed by atoms with E-state index in [0.717, 1.165) is 0 Å². The third kappa shape index (κ3) is 3.78. The lowest BCUT2D eigenvalue weighted by atomic mass is 10.3. The van der Waals surface area contributed by atoms with Gasteiger partial charge in [-0.15, -0.1) is 0 Å². The molecule has 0 spiro atoms. The Morgan fingerprint density at radius 2 is 1.95 bits per heavy atom. The van der Waals surface area contributed by atoms with Crippen LogP contribution in [0.25, 0.3) is 0 Å². The van der Waals surface area contributed by atoms with Gasteiger partial charge >= 0.3 is 6.01 Å². The van der Waals surface area contributed by atoms with Crippen molar-refractivity contribution in [2.45, 2.75) is 13.8 Å². The average Bonchev–Trinajstić information content (AvgIpc) is 2.44. The Morgan fingerprint density at radius 1 is 1.24 bits per heavy atom. The second-order valence-corrected chi connectivity index (χ2v) is 5.04. The number of benzene rings is 1. The molecule has 2 N–H and O–H groups in total. The van der Waals surface area contributed by atoms with Crippen LogP contribution in [0.2, 0.25) is 0 Å². The topological polar surface area (TPSA) is 77.2 Å². The predicted molar refractivity (Wildman–Crippen MR) is 82.0 cm³/mol. The first-order chi connectivity index (χ1) is 10.0. The Balaban J connectivity index is 2.34. The van der Waals surface area contributed by atoms with Crippen LogP contribution in [0.5, 0.6) is 11.8 Å². The van der Waals surface area contributed by atoms with Gasteiger partial charge in [0, 0.05) is 17.6 Å². The minimum Gasteiger partial charge on any atom is -0.421 e. The fraction of sp³-hybridized carbons (Fsp3) is 0.308. The van der Waals surface area contributed by atoms with Crippen molar-refractivity contribution in [2.75, 3.05) is 23.7 Å². The number of nitrogen functional groups attached to an aromatic ring is 1. The Kier molecular flexibility index (Phi) is 4.89. The van der Waals surface area contributed by atoms with E-state index in [4.69, 9.17) is 10.5 Å². The summed E-state index contributed by atoms with van der Waals surface area (Å²) in [6.45, 7) is 5.37. The number of hydrogen-bond acceptors (Lipinski definition) is 6. The lowest BCUT2D eigenvalue weighted by Gasteiger charge is -2.18. The molecule has 21 heavy (non-hydrogen) atoms. The molecule has 112 valence electrons. The van der Waals surface area contributed by atoms with Gasteiger partial charge in [0.15, 0.2) is 11.6 Å². The number of hydrogen-bond donors (Lipinski definition) is 1. The Hall–Kier alpha value is -1.96. The number of halogens is 2. The number of rotatable bonds is 5. The second kappa shape index (κ2) is 6.66. The summed E-state index contributed by atoms with van der Waals surface area (Å²) < 4.78 is 19.8. The van der Waals surface area contributed by atoms with Gasteiger partial charge in [0.2, 0.25) is 11.9 Å². The molecule has 0 aliphatic heterocycles. The van der Waals surface area contributed by atoms with Gasteiger partial charge in [-0.05, 0) is 32.0 Å². The molecule has 0 saturated heterocycles. The molecule has 6 nitrogen and oxygen atoms in total. The van der Waals surface area contributed by atoms with Crippen molar-refractivity contribution in [1.29, 1.82) is 0 Å². The number of aromatic nitrogens is 3. The normalized spacial score (nSPS) is 10.5. The van der Waals surface area contributed by atoms with Crippen LogP contribution in [0.15, 0.2) is 22.7 Å². The molecule has 8 heteroatoms. The maximum absolute atomic E-state index is 13.7. The summed E-state index contributed by atoms with van der Waals surface area (Å²) in [7, 11) is 0. The van der Waals surface area contributed by atoms with Crippen LogP contribution in [0.3, 0.4) is 0 Å². The zero-order valence-corrected chi connectivity index (χ0v) is 13.3. The maximum Gasteiger partial charge on any atom is 0.328 e. The highest BCUT2D eigenvalue weighted by molar-refractivity contribution is 9.10. The summed E-state index contributed by atoms with van der Waals surface area (Å²) in [6, 6.07) is 4.31. The molecule has 2 rings (SSSR count). The van der Waals surface area contributed by atoms with E-state index in [1.807, 2.05) is 18.7 Å². The predicted octanol–water partition coefficient (Wildman–Crippen LogP) is 2.99. The standard InChI is InChI=1S/C13H15BrFN5O/c1-3-20(4-2)12-17-11(16)18-13(19-12)21-10-7-8(14)5-6-9(10)15/h5-7H,3-4H2,1-2H3,(H2,16,17,18,19). The third-order valence-corrected chi connectivity index (χ3v) is 3.25. The molecule has 2 aromatic rings. The molecule has 0 atom stereocenters. The van der Waals surface area contributed by atoms with Gasteiger partial charge in [0.25, 0.3) is 0 Å².